The fourth-order valence-corrected chi connectivity index (χ4v) is 3.89. The maximum atomic E-state index is 4.39. The number of rotatable bonds is 4. The molecule has 3 rings (SSSR count). The number of allylic oxidation sites excluding steroid dienone is 9. The molecule has 1 aromatic rings. The van der Waals surface area contributed by atoms with Crippen LogP contribution in [0.15, 0.2) is 91.1 Å². The minimum atomic E-state index is -0.364. The van der Waals surface area contributed by atoms with Gasteiger partial charge in [0.25, 0.3) is 0 Å². The van der Waals surface area contributed by atoms with E-state index < -0.39 is 0 Å². The van der Waals surface area contributed by atoms with Gasteiger partial charge in [-0.2, -0.15) is 0 Å². The predicted octanol–water partition coefficient (Wildman–Crippen LogP) is 5.92. The van der Waals surface area contributed by atoms with Crippen LogP contribution in [0.25, 0.3) is 5.57 Å². The predicted molar refractivity (Wildman–Crippen MR) is 96.7 cm³/mol. The van der Waals surface area contributed by atoms with Crippen LogP contribution >= 0.6 is 0 Å². The summed E-state index contributed by atoms with van der Waals surface area (Å²) in [5, 5.41) is 0. The molecule has 0 heteroatoms. The van der Waals surface area contributed by atoms with Crippen LogP contribution in [0.2, 0.25) is 0 Å². The molecule has 0 aromatic heterocycles. The highest BCUT2D eigenvalue weighted by Gasteiger charge is 2.46. The Morgan fingerprint density at radius 1 is 1.18 bits per heavy atom. The van der Waals surface area contributed by atoms with Crippen LogP contribution in [0.5, 0.6) is 0 Å². The lowest BCUT2D eigenvalue weighted by atomic mass is 9.66. The normalized spacial score (nSPS) is 22.6. The van der Waals surface area contributed by atoms with Crippen molar-refractivity contribution in [2.45, 2.75) is 25.2 Å². The third-order valence-electron chi connectivity index (χ3n) is 4.81. The fourth-order valence-electron chi connectivity index (χ4n) is 3.89. The molecule has 22 heavy (non-hydrogen) atoms. The summed E-state index contributed by atoms with van der Waals surface area (Å²) in [5.41, 5.74) is 7.09. The number of fused-ring (bicyclic) bond motifs is 2. The van der Waals surface area contributed by atoms with E-state index in [4.69, 9.17) is 0 Å². The molecule has 0 heterocycles. The molecule has 1 aromatic carbocycles. The molecule has 2 aliphatic rings. The Hall–Kier alpha value is -2.34. The lowest BCUT2D eigenvalue weighted by Crippen LogP contribution is -2.29. The molecule has 0 saturated carbocycles. The van der Waals surface area contributed by atoms with Gasteiger partial charge in [-0.25, -0.2) is 0 Å². The fraction of sp³-hybridized carbons (Fsp3) is 0.182. The first-order valence-corrected chi connectivity index (χ1v) is 7.81. The second-order valence-corrected chi connectivity index (χ2v) is 5.88. The SMILES string of the molecule is C=CC(=C)C1(C(=C)/C=C\C)C2=C(CCC=C2)c2ccccc21. The molecule has 0 spiro atoms. The first kappa shape index (κ1) is 14.6. The molecule has 0 saturated heterocycles. The third-order valence-corrected chi connectivity index (χ3v) is 4.81. The zero-order valence-electron chi connectivity index (χ0n) is 13.2. The molecule has 110 valence electrons. The van der Waals surface area contributed by atoms with Crippen molar-refractivity contribution >= 4 is 5.57 Å². The van der Waals surface area contributed by atoms with Gasteiger partial charge in [-0.3, -0.25) is 0 Å². The smallest absolute Gasteiger partial charge is 0.0698 e. The monoisotopic (exact) mass is 286 g/mol. The van der Waals surface area contributed by atoms with Gasteiger partial charge in [0.2, 0.25) is 0 Å². The van der Waals surface area contributed by atoms with Crippen LogP contribution in [0.1, 0.15) is 30.9 Å². The van der Waals surface area contributed by atoms with E-state index in [1.807, 2.05) is 19.1 Å². The molecule has 1 atom stereocenters. The molecule has 2 aliphatic carbocycles. The quantitative estimate of drug-likeness (QED) is 0.603. The standard InChI is InChI=1S/C22H22/c1-5-11-17(4)22(16(3)6-2)20-14-9-7-12-18(20)19-13-8-10-15-21(19)22/h5-7,9-12,14-15H,2-4,8,13H2,1H3/b11-5-. The lowest BCUT2D eigenvalue weighted by Gasteiger charge is -2.35. The zero-order valence-corrected chi connectivity index (χ0v) is 13.2. The molecule has 0 aliphatic heterocycles. The summed E-state index contributed by atoms with van der Waals surface area (Å²) in [6.07, 6.45) is 12.7. The van der Waals surface area contributed by atoms with Gasteiger partial charge in [-0.15, -0.1) is 0 Å². The summed E-state index contributed by atoms with van der Waals surface area (Å²) in [6.45, 7) is 14.8. The summed E-state index contributed by atoms with van der Waals surface area (Å²) in [6, 6.07) is 8.66. The summed E-state index contributed by atoms with van der Waals surface area (Å²) >= 11 is 0. The van der Waals surface area contributed by atoms with Crippen LogP contribution in [0.4, 0.5) is 0 Å². The molecule has 0 radical (unpaired) electrons. The van der Waals surface area contributed by atoms with E-state index in [-0.39, 0.29) is 5.41 Å². The molecular weight excluding hydrogens is 264 g/mol. The summed E-state index contributed by atoms with van der Waals surface area (Å²) in [5.74, 6) is 0. The van der Waals surface area contributed by atoms with Crippen molar-refractivity contribution in [3.63, 3.8) is 0 Å². The Labute approximate surface area is 133 Å². The van der Waals surface area contributed by atoms with E-state index in [1.54, 1.807) is 0 Å². The first-order chi connectivity index (χ1) is 10.7. The van der Waals surface area contributed by atoms with Crippen molar-refractivity contribution in [3.8, 4) is 0 Å². The van der Waals surface area contributed by atoms with Crippen LogP contribution in [0, 0.1) is 0 Å². The Balaban J connectivity index is 2.39. The summed E-state index contributed by atoms with van der Waals surface area (Å²) in [4.78, 5) is 0. The number of benzene rings is 1. The van der Waals surface area contributed by atoms with E-state index >= 15 is 0 Å². The molecule has 0 nitrogen and oxygen atoms in total. The van der Waals surface area contributed by atoms with Crippen LogP contribution < -0.4 is 0 Å². The van der Waals surface area contributed by atoms with Gasteiger partial charge >= 0.3 is 0 Å². The van der Waals surface area contributed by atoms with Crippen LogP contribution in [-0.4, -0.2) is 0 Å². The first-order valence-electron chi connectivity index (χ1n) is 7.81. The van der Waals surface area contributed by atoms with Crippen molar-refractivity contribution in [1.82, 2.24) is 0 Å². The second kappa shape index (κ2) is 5.46. The van der Waals surface area contributed by atoms with E-state index in [2.05, 4.69) is 62.2 Å². The molecule has 0 N–H and O–H groups in total. The minimum Gasteiger partial charge on any atom is -0.0988 e. The van der Waals surface area contributed by atoms with Gasteiger partial charge in [0.05, 0.1) is 5.41 Å². The summed E-state index contributed by atoms with van der Waals surface area (Å²) < 4.78 is 0. The number of hydrogen-bond donors (Lipinski definition) is 0. The van der Waals surface area contributed by atoms with Gasteiger partial charge in [0, 0.05) is 0 Å². The largest absolute Gasteiger partial charge is 0.0988 e. The van der Waals surface area contributed by atoms with Gasteiger partial charge in [-0.05, 0) is 53.2 Å². The van der Waals surface area contributed by atoms with Crippen molar-refractivity contribution in [2.75, 3.05) is 0 Å². The van der Waals surface area contributed by atoms with Gasteiger partial charge in [0.15, 0.2) is 0 Å². The van der Waals surface area contributed by atoms with E-state index in [0.29, 0.717) is 0 Å². The maximum absolute atomic E-state index is 4.39. The third kappa shape index (κ3) is 1.77. The van der Waals surface area contributed by atoms with Crippen molar-refractivity contribution in [1.29, 1.82) is 0 Å². The maximum Gasteiger partial charge on any atom is 0.0698 e. The Morgan fingerprint density at radius 3 is 2.68 bits per heavy atom. The molecule has 0 bridgehead atoms. The van der Waals surface area contributed by atoms with Gasteiger partial charge in [-0.1, -0.05) is 74.4 Å². The average Bonchev–Trinajstić information content (AvgIpc) is 2.86. The van der Waals surface area contributed by atoms with E-state index in [1.165, 1.54) is 22.3 Å². The Bertz CT molecular complexity index is 752. The Kier molecular flexibility index (Phi) is 3.62. The highest BCUT2D eigenvalue weighted by molar-refractivity contribution is 5.88. The van der Waals surface area contributed by atoms with Gasteiger partial charge < -0.3 is 0 Å². The van der Waals surface area contributed by atoms with Crippen molar-refractivity contribution in [2.24, 2.45) is 0 Å². The van der Waals surface area contributed by atoms with Crippen molar-refractivity contribution in [3.05, 3.63) is 102 Å². The summed E-state index contributed by atoms with van der Waals surface area (Å²) in [7, 11) is 0. The molecule has 1 unspecified atom stereocenters. The molecule has 0 fully saturated rings. The molecule has 0 amide bonds. The van der Waals surface area contributed by atoms with Crippen molar-refractivity contribution < 1.29 is 0 Å². The highest BCUT2D eigenvalue weighted by atomic mass is 14.5. The highest BCUT2D eigenvalue weighted by Crippen LogP contribution is 2.56. The van der Waals surface area contributed by atoms with E-state index in [9.17, 15) is 0 Å². The number of hydrogen-bond acceptors (Lipinski definition) is 0. The lowest BCUT2D eigenvalue weighted by molar-refractivity contribution is 0.760. The van der Waals surface area contributed by atoms with Crippen LogP contribution in [-0.2, 0) is 5.41 Å². The Morgan fingerprint density at radius 2 is 1.95 bits per heavy atom. The van der Waals surface area contributed by atoms with E-state index in [0.717, 1.165) is 24.0 Å². The van der Waals surface area contributed by atoms with Gasteiger partial charge in [0.1, 0.15) is 0 Å². The topological polar surface area (TPSA) is 0 Å². The minimum absolute atomic E-state index is 0.364. The second-order valence-electron chi connectivity index (χ2n) is 5.88. The molecular formula is C22H22. The zero-order chi connectivity index (χ0) is 15.7. The average molecular weight is 286 g/mol. The van der Waals surface area contributed by atoms with Crippen LogP contribution in [0.3, 0.4) is 0 Å².